The fourth-order valence-electron chi connectivity index (χ4n) is 3.34. The first kappa shape index (κ1) is 24.3. The molecule has 0 aliphatic heterocycles. The van der Waals surface area contributed by atoms with Crippen LogP contribution in [0.1, 0.15) is 39.4 Å². The lowest BCUT2D eigenvalue weighted by molar-refractivity contribution is -0.139. The number of allylic oxidation sites excluding steroid dienone is 1. The van der Waals surface area contributed by atoms with Crippen LogP contribution in [0.5, 0.6) is 0 Å². The Hall–Kier alpha value is -3.39. The molecule has 1 amide bonds. The first-order valence-electron chi connectivity index (χ1n) is 10.5. The van der Waals surface area contributed by atoms with Gasteiger partial charge < -0.3 is 15.4 Å². The van der Waals surface area contributed by atoms with Crippen LogP contribution in [-0.4, -0.2) is 45.0 Å². The predicted octanol–water partition coefficient (Wildman–Crippen LogP) is 4.58. The molecule has 0 aliphatic carbocycles. The van der Waals surface area contributed by atoms with Gasteiger partial charge in [-0.05, 0) is 66.3 Å². The molecule has 6 nitrogen and oxygen atoms in total. The van der Waals surface area contributed by atoms with Crippen molar-refractivity contribution in [2.45, 2.75) is 25.8 Å². The van der Waals surface area contributed by atoms with E-state index in [1.54, 1.807) is 36.5 Å². The maximum atomic E-state index is 13.5. The van der Waals surface area contributed by atoms with Crippen molar-refractivity contribution in [1.29, 1.82) is 0 Å². The van der Waals surface area contributed by atoms with Crippen LogP contribution in [0, 0.1) is 12.7 Å². The number of aromatic nitrogens is 2. The van der Waals surface area contributed by atoms with Crippen LogP contribution in [0.2, 0.25) is 0 Å². The van der Waals surface area contributed by atoms with E-state index in [2.05, 4.69) is 15.3 Å². The summed E-state index contributed by atoms with van der Waals surface area (Å²) in [5, 5.41) is 12.0. The van der Waals surface area contributed by atoms with Crippen molar-refractivity contribution >= 4 is 35.3 Å². The molecule has 1 atom stereocenters. The van der Waals surface area contributed by atoms with Crippen molar-refractivity contribution in [2.24, 2.45) is 0 Å². The summed E-state index contributed by atoms with van der Waals surface area (Å²) in [6, 6.07) is 12.2. The van der Waals surface area contributed by atoms with Gasteiger partial charge in [0.25, 0.3) is 5.91 Å². The number of aryl methyl sites for hydroxylation is 1. The lowest BCUT2D eigenvalue weighted by Crippen LogP contribution is -2.41. The highest BCUT2D eigenvalue weighted by molar-refractivity contribution is 7.98. The first-order valence-corrected chi connectivity index (χ1v) is 11.8. The van der Waals surface area contributed by atoms with E-state index in [-0.39, 0.29) is 5.82 Å². The standard InChI is InChI=1S/C25H26FN3O3S/c1-16-15-27-23(28-16)14-20(18-6-8-21(26)9-7-18)13-17-4-3-5-19(12-17)24(30)29-22(25(31)32)10-11-33-2/h3-9,12-13,15,22H,10-11,14H2,1-2H3,(H,27,28)(H,29,30)(H,31,32)/t22-/m0/s1. The number of carboxylic acids is 1. The molecule has 0 aliphatic rings. The molecule has 0 spiro atoms. The Bertz CT molecular complexity index is 1140. The van der Waals surface area contributed by atoms with Gasteiger partial charge in [0.2, 0.25) is 0 Å². The normalized spacial score (nSPS) is 12.4. The van der Waals surface area contributed by atoms with Gasteiger partial charge in [0.1, 0.15) is 17.7 Å². The van der Waals surface area contributed by atoms with E-state index in [0.29, 0.717) is 24.2 Å². The number of carboxylic acid groups (broad SMARTS) is 1. The van der Waals surface area contributed by atoms with Crippen LogP contribution in [-0.2, 0) is 11.2 Å². The summed E-state index contributed by atoms with van der Waals surface area (Å²) in [5.41, 5.74) is 3.80. The topological polar surface area (TPSA) is 95.1 Å². The second-order valence-corrected chi connectivity index (χ2v) is 8.62. The predicted molar refractivity (Wildman–Crippen MR) is 130 cm³/mol. The highest BCUT2D eigenvalue weighted by Crippen LogP contribution is 2.23. The van der Waals surface area contributed by atoms with E-state index in [9.17, 15) is 19.1 Å². The minimum atomic E-state index is -1.05. The summed E-state index contributed by atoms with van der Waals surface area (Å²) in [6.07, 6.45) is 6.40. The average Bonchev–Trinajstić information content (AvgIpc) is 3.21. The quantitative estimate of drug-likeness (QED) is 0.380. The molecule has 33 heavy (non-hydrogen) atoms. The SMILES string of the molecule is CSCC[C@H](NC(=O)c1cccc(C=C(Cc2ncc(C)[nH]2)c2ccc(F)cc2)c1)C(=O)O. The minimum Gasteiger partial charge on any atom is -0.480 e. The van der Waals surface area contributed by atoms with Crippen LogP contribution >= 0.6 is 11.8 Å². The van der Waals surface area contributed by atoms with Crippen molar-refractivity contribution in [2.75, 3.05) is 12.0 Å². The van der Waals surface area contributed by atoms with E-state index in [1.807, 2.05) is 25.3 Å². The van der Waals surface area contributed by atoms with Gasteiger partial charge in [-0.1, -0.05) is 30.3 Å². The lowest BCUT2D eigenvalue weighted by Gasteiger charge is -2.14. The number of nitrogens with zero attached hydrogens (tertiary/aromatic N) is 1. The van der Waals surface area contributed by atoms with Crippen LogP contribution in [0.4, 0.5) is 4.39 Å². The molecule has 0 saturated heterocycles. The third-order valence-corrected chi connectivity index (χ3v) is 5.68. The molecule has 0 radical (unpaired) electrons. The van der Waals surface area contributed by atoms with Crippen LogP contribution in [0.3, 0.4) is 0 Å². The Morgan fingerprint density at radius 3 is 2.61 bits per heavy atom. The second-order valence-electron chi connectivity index (χ2n) is 7.64. The Kier molecular flexibility index (Phi) is 8.43. The number of aliphatic carboxylic acids is 1. The number of nitrogens with one attached hydrogen (secondary N) is 2. The first-order chi connectivity index (χ1) is 15.9. The Balaban J connectivity index is 1.88. The Labute approximate surface area is 196 Å². The summed E-state index contributed by atoms with van der Waals surface area (Å²) in [6.45, 7) is 1.92. The van der Waals surface area contributed by atoms with Gasteiger partial charge in [0, 0.05) is 23.9 Å². The highest BCUT2D eigenvalue weighted by Gasteiger charge is 2.20. The van der Waals surface area contributed by atoms with E-state index in [1.165, 1.54) is 23.9 Å². The maximum absolute atomic E-state index is 13.5. The number of imidazole rings is 1. The summed E-state index contributed by atoms with van der Waals surface area (Å²) in [5.74, 6) is -0.410. The number of carbonyl (C=O) groups is 2. The lowest BCUT2D eigenvalue weighted by atomic mass is 9.98. The fraction of sp³-hybridized carbons (Fsp3) is 0.240. The summed E-state index contributed by atoms with van der Waals surface area (Å²) in [7, 11) is 0. The summed E-state index contributed by atoms with van der Waals surface area (Å²) in [4.78, 5) is 31.7. The van der Waals surface area contributed by atoms with Gasteiger partial charge >= 0.3 is 5.97 Å². The molecular formula is C25H26FN3O3S. The smallest absolute Gasteiger partial charge is 0.326 e. The molecular weight excluding hydrogens is 441 g/mol. The number of H-pyrrole nitrogens is 1. The van der Waals surface area contributed by atoms with Crippen LogP contribution < -0.4 is 5.32 Å². The molecule has 3 N–H and O–H groups in total. The zero-order valence-electron chi connectivity index (χ0n) is 18.5. The van der Waals surface area contributed by atoms with E-state index >= 15 is 0 Å². The number of rotatable bonds is 10. The number of hydrogen-bond donors (Lipinski definition) is 3. The van der Waals surface area contributed by atoms with Crippen molar-refractivity contribution in [3.8, 4) is 0 Å². The van der Waals surface area contributed by atoms with Crippen LogP contribution in [0.15, 0.2) is 54.7 Å². The molecule has 172 valence electrons. The third-order valence-electron chi connectivity index (χ3n) is 5.03. The molecule has 0 bridgehead atoms. The molecule has 1 aromatic heterocycles. The molecule has 0 unspecified atom stereocenters. The molecule has 8 heteroatoms. The van der Waals surface area contributed by atoms with Crippen molar-refractivity contribution in [1.82, 2.24) is 15.3 Å². The number of halogens is 1. The number of carbonyl (C=O) groups excluding carboxylic acids is 1. The molecule has 3 aromatic rings. The largest absolute Gasteiger partial charge is 0.480 e. The maximum Gasteiger partial charge on any atom is 0.326 e. The Morgan fingerprint density at radius 1 is 1.21 bits per heavy atom. The van der Waals surface area contributed by atoms with Gasteiger partial charge in [0.15, 0.2) is 0 Å². The van der Waals surface area contributed by atoms with E-state index in [0.717, 1.165) is 28.2 Å². The van der Waals surface area contributed by atoms with Gasteiger partial charge in [-0.3, -0.25) is 4.79 Å². The minimum absolute atomic E-state index is 0.319. The van der Waals surface area contributed by atoms with Gasteiger partial charge in [-0.15, -0.1) is 0 Å². The van der Waals surface area contributed by atoms with E-state index < -0.39 is 17.9 Å². The fourth-order valence-corrected chi connectivity index (χ4v) is 3.81. The molecule has 1 heterocycles. The van der Waals surface area contributed by atoms with Gasteiger partial charge in [-0.25, -0.2) is 14.2 Å². The highest BCUT2D eigenvalue weighted by atomic mass is 32.2. The monoisotopic (exact) mass is 467 g/mol. The average molecular weight is 468 g/mol. The number of thioether (sulfide) groups is 1. The number of aromatic amines is 1. The van der Waals surface area contributed by atoms with Crippen LogP contribution in [0.25, 0.3) is 11.6 Å². The third kappa shape index (κ3) is 7.05. The second kappa shape index (κ2) is 11.5. The molecule has 3 rings (SSSR count). The van der Waals surface area contributed by atoms with Crippen molar-refractivity contribution < 1.29 is 19.1 Å². The number of benzene rings is 2. The van der Waals surface area contributed by atoms with Crippen molar-refractivity contribution in [3.63, 3.8) is 0 Å². The summed E-state index contributed by atoms with van der Waals surface area (Å²) < 4.78 is 13.5. The zero-order chi connectivity index (χ0) is 23.8. The molecule has 2 aromatic carbocycles. The van der Waals surface area contributed by atoms with Gasteiger partial charge in [-0.2, -0.15) is 11.8 Å². The van der Waals surface area contributed by atoms with Crippen molar-refractivity contribution in [3.05, 3.63) is 88.8 Å². The van der Waals surface area contributed by atoms with E-state index in [4.69, 9.17) is 0 Å². The Morgan fingerprint density at radius 2 is 1.97 bits per heavy atom. The zero-order valence-corrected chi connectivity index (χ0v) is 19.3. The number of hydrogen-bond acceptors (Lipinski definition) is 4. The summed E-state index contributed by atoms with van der Waals surface area (Å²) >= 11 is 1.53. The van der Waals surface area contributed by atoms with Gasteiger partial charge in [0.05, 0.1) is 0 Å². The number of amides is 1. The molecule has 0 fully saturated rings. The molecule has 0 saturated carbocycles.